The van der Waals surface area contributed by atoms with E-state index in [1.807, 2.05) is 62.3 Å². The van der Waals surface area contributed by atoms with E-state index in [9.17, 15) is 24.0 Å². The molecule has 1 fully saturated rings. The van der Waals surface area contributed by atoms with Gasteiger partial charge in [-0.2, -0.15) is 0 Å². The summed E-state index contributed by atoms with van der Waals surface area (Å²) in [5, 5.41) is -0.581. The molecule has 0 radical (unpaired) electrons. The summed E-state index contributed by atoms with van der Waals surface area (Å²) in [6, 6.07) is 1.29. The monoisotopic (exact) mass is 692 g/mol. The third-order valence-corrected chi connectivity index (χ3v) is 11.5. The average Bonchev–Trinajstić information content (AvgIpc) is 3.23. The van der Waals surface area contributed by atoms with Gasteiger partial charge in [0.25, 0.3) is 5.56 Å². The van der Waals surface area contributed by atoms with Crippen LogP contribution in [0.25, 0.3) is 0 Å². The van der Waals surface area contributed by atoms with Crippen LogP contribution < -0.4 is 11.2 Å². The topological polar surface area (TPSA) is 134 Å². The molecule has 0 spiro atoms. The number of hydrogen-bond donors (Lipinski definition) is 1. The maximum Gasteiger partial charge on any atom is 0.329 e. The highest BCUT2D eigenvalue weighted by atomic mass is 32.2. The normalized spacial score (nSPS) is 21.0. The third kappa shape index (κ3) is 12.6. The first-order valence-electron chi connectivity index (χ1n) is 14.6. The summed E-state index contributed by atoms with van der Waals surface area (Å²) >= 11 is 5.10. The molecule has 2 rings (SSSR count). The van der Waals surface area contributed by atoms with E-state index in [4.69, 9.17) is 14.2 Å². The number of ether oxygens (including phenoxy) is 3. The molecular weight excluding hydrogens is 645 g/mol. The van der Waals surface area contributed by atoms with Crippen molar-refractivity contribution in [1.29, 1.82) is 0 Å². The van der Waals surface area contributed by atoms with Crippen molar-refractivity contribution in [3.05, 3.63) is 33.1 Å². The molecule has 0 bridgehead atoms. The maximum atomic E-state index is 12.8. The molecule has 1 aliphatic rings. The lowest BCUT2D eigenvalue weighted by Crippen LogP contribution is -2.41. The van der Waals surface area contributed by atoms with Gasteiger partial charge in [0.1, 0.15) is 17.6 Å². The van der Waals surface area contributed by atoms with Gasteiger partial charge in [0.05, 0.1) is 31.7 Å². The number of rotatable bonds is 14. The van der Waals surface area contributed by atoms with Crippen LogP contribution in [0.5, 0.6) is 0 Å². The molecule has 1 aromatic heterocycles. The standard InChI is InChI=1S/C30H48N2O8S4/c1-28(2,3)24(34)41-15-12-38-18-19-21(39-13-16-42-25(35)29(4,5)6)22(40-14-17-43-26(36)30(7,8)9)23(44-19)32-11-10-20(33)31-27(32)37/h10-11,19,21-23H,12-18H2,1-9H3,(H,31,33,37)/t19-,21?,22?,23-/m1/s1. The van der Waals surface area contributed by atoms with E-state index in [1.165, 1.54) is 63.9 Å². The van der Waals surface area contributed by atoms with Crippen LogP contribution in [0.2, 0.25) is 0 Å². The van der Waals surface area contributed by atoms with E-state index >= 15 is 0 Å². The Kier molecular flexibility index (Phi) is 15.3. The largest absolute Gasteiger partial charge is 0.379 e. The number of thioether (sulfide) groups is 4. The highest BCUT2D eigenvalue weighted by molar-refractivity contribution is 8.14. The smallest absolute Gasteiger partial charge is 0.329 e. The minimum Gasteiger partial charge on any atom is -0.379 e. The summed E-state index contributed by atoms with van der Waals surface area (Å²) in [6.07, 6.45) is 0.323. The summed E-state index contributed by atoms with van der Waals surface area (Å²) < 4.78 is 20.1. The van der Waals surface area contributed by atoms with E-state index in [1.54, 1.807) is 0 Å². The van der Waals surface area contributed by atoms with Gasteiger partial charge in [-0.15, -0.1) is 11.8 Å². The van der Waals surface area contributed by atoms with Gasteiger partial charge < -0.3 is 14.2 Å². The molecule has 44 heavy (non-hydrogen) atoms. The van der Waals surface area contributed by atoms with Crippen molar-refractivity contribution < 1.29 is 28.6 Å². The number of hydrogen-bond acceptors (Lipinski definition) is 12. The number of nitrogens with one attached hydrogen (secondary N) is 1. The van der Waals surface area contributed by atoms with Crippen LogP contribution in [0, 0.1) is 16.2 Å². The predicted octanol–water partition coefficient (Wildman–Crippen LogP) is 4.86. The molecule has 250 valence electrons. The van der Waals surface area contributed by atoms with Gasteiger partial charge in [0.15, 0.2) is 15.3 Å². The zero-order valence-electron chi connectivity index (χ0n) is 27.3. The van der Waals surface area contributed by atoms with Crippen molar-refractivity contribution >= 4 is 62.4 Å². The quantitative estimate of drug-likeness (QED) is 0.267. The second kappa shape index (κ2) is 17.2. The van der Waals surface area contributed by atoms with Crippen molar-refractivity contribution in [2.45, 2.75) is 85.1 Å². The van der Waals surface area contributed by atoms with Crippen LogP contribution >= 0.6 is 47.0 Å². The first-order valence-corrected chi connectivity index (χ1v) is 18.5. The molecular formula is C30H48N2O8S4. The lowest BCUT2D eigenvalue weighted by Gasteiger charge is -2.27. The van der Waals surface area contributed by atoms with Crippen LogP contribution in [0.15, 0.2) is 21.9 Å². The van der Waals surface area contributed by atoms with Crippen LogP contribution in [0.1, 0.15) is 67.7 Å². The van der Waals surface area contributed by atoms with Crippen molar-refractivity contribution in [2.75, 3.05) is 43.7 Å². The van der Waals surface area contributed by atoms with Crippen molar-refractivity contribution in [1.82, 2.24) is 9.55 Å². The molecule has 10 nitrogen and oxygen atoms in total. The Balaban J connectivity index is 2.21. The van der Waals surface area contributed by atoms with E-state index in [-0.39, 0.29) is 40.4 Å². The Bertz CT molecular complexity index is 1230. The molecule has 14 heteroatoms. The molecule has 2 heterocycles. The SMILES string of the molecule is CC(C)(C)C(=O)SCCOC[C@H]1S[C@@H](n2ccc(=O)[nH]c2=O)C(OCCSC(=O)C(C)(C)C)C1OCCSC(=O)C(C)(C)C. The van der Waals surface area contributed by atoms with Gasteiger partial charge in [0.2, 0.25) is 0 Å². The predicted molar refractivity (Wildman–Crippen MR) is 183 cm³/mol. The van der Waals surface area contributed by atoms with Gasteiger partial charge in [-0.1, -0.05) is 97.6 Å². The molecule has 0 aliphatic carbocycles. The molecule has 1 aliphatic heterocycles. The zero-order chi connectivity index (χ0) is 33.3. The average molecular weight is 693 g/mol. The van der Waals surface area contributed by atoms with E-state index in [0.717, 1.165) is 0 Å². The van der Waals surface area contributed by atoms with Gasteiger partial charge >= 0.3 is 5.69 Å². The van der Waals surface area contributed by atoms with Crippen LogP contribution in [0.3, 0.4) is 0 Å². The molecule has 2 unspecified atom stereocenters. The van der Waals surface area contributed by atoms with Crippen molar-refractivity contribution in [2.24, 2.45) is 16.2 Å². The van der Waals surface area contributed by atoms with Crippen molar-refractivity contribution in [3.63, 3.8) is 0 Å². The summed E-state index contributed by atoms with van der Waals surface area (Å²) in [6.45, 7) is 18.0. The molecule has 0 amide bonds. The minimum atomic E-state index is -0.609. The van der Waals surface area contributed by atoms with E-state index in [2.05, 4.69) is 4.98 Å². The number of aromatic amines is 1. The van der Waals surface area contributed by atoms with Crippen molar-refractivity contribution in [3.8, 4) is 0 Å². The fourth-order valence-corrected chi connectivity index (χ4v) is 7.77. The Morgan fingerprint density at radius 3 is 1.68 bits per heavy atom. The highest BCUT2D eigenvalue weighted by Gasteiger charge is 2.47. The lowest BCUT2D eigenvalue weighted by molar-refractivity contribution is -0.118. The second-order valence-electron chi connectivity index (χ2n) is 13.5. The number of carbonyl (C=O) groups is 3. The first kappa shape index (κ1) is 39.1. The van der Waals surface area contributed by atoms with Crippen LogP contribution in [-0.2, 0) is 28.6 Å². The summed E-state index contributed by atoms with van der Waals surface area (Å²) in [5.74, 6) is 1.38. The van der Waals surface area contributed by atoms with Gasteiger partial charge in [-0.25, -0.2) is 4.79 Å². The zero-order valence-corrected chi connectivity index (χ0v) is 30.5. The third-order valence-electron chi connectivity index (χ3n) is 6.24. The summed E-state index contributed by atoms with van der Waals surface area (Å²) in [7, 11) is 0. The molecule has 4 atom stereocenters. The van der Waals surface area contributed by atoms with Gasteiger partial charge in [0, 0.05) is 45.8 Å². The van der Waals surface area contributed by atoms with Gasteiger partial charge in [-0.3, -0.25) is 28.7 Å². The first-order chi connectivity index (χ1) is 20.3. The van der Waals surface area contributed by atoms with Crippen LogP contribution in [0.4, 0.5) is 0 Å². The Morgan fingerprint density at radius 2 is 1.23 bits per heavy atom. The molecule has 1 N–H and O–H groups in total. The number of H-pyrrole nitrogens is 1. The number of carbonyl (C=O) groups excluding carboxylic acids is 3. The Hall–Kier alpha value is -1.03. The van der Waals surface area contributed by atoms with Gasteiger partial charge in [-0.05, 0) is 0 Å². The fourth-order valence-electron chi connectivity index (χ4n) is 3.75. The molecule has 1 saturated heterocycles. The Labute approximate surface area is 277 Å². The van der Waals surface area contributed by atoms with Crippen LogP contribution in [-0.4, -0.2) is 86.0 Å². The molecule has 0 saturated carbocycles. The minimum absolute atomic E-state index is 0.0535. The van der Waals surface area contributed by atoms with E-state index in [0.29, 0.717) is 23.9 Å². The lowest BCUT2D eigenvalue weighted by atomic mass is 9.99. The molecule has 0 aromatic carbocycles. The summed E-state index contributed by atoms with van der Waals surface area (Å²) in [5.41, 5.74) is -2.45. The number of aromatic nitrogens is 2. The second-order valence-corrected chi connectivity index (χ2v) is 18.0. The molecule has 1 aromatic rings. The number of nitrogens with zero attached hydrogens (tertiary/aromatic N) is 1. The highest BCUT2D eigenvalue weighted by Crippen LogP contribution is 2.44. The summed E-state index contributed by atoms with van der Waals surface area (Å²) in [4.78, 5) is 64.1. The Morgan fingerprint density at radius 1 is 0.773 bits per heavy atom. The fraction of sp³-hybridized carbons (Fsp3) is 0.767. The maximum absolute atomic E-state index is 12.8. The van der Waals surface area contributed by atoms with E-state index < -0.39 is 45.1 Å².